The number of carboxylic acid groups (broad SMARTS) is 1. The van der Waals surface area contributed by atoms with Crippen LogP contribution < -0.4 is 10.6 Å². The molecule has 1 atom stereocenters. The van der Waals surface area contributed by atoms with Crippen LogP contribution in [0.4, 0.5) is 0 Å². The summed E-state index contributed by atoms with van der Waals surface area (Å²) in [6.07, 6.45) is 1.89. The van der Waals surface area contributed by atoms with Crippen molar-refractivity contribution in [2.45, 2.75) is 19.4 Å². The number of carboxylic acids is 1. The summed E-state index contributed by atoms with van der Waals surface area (Å²) < 4.78 is 0. The van der Waals surface area contributed by atoms with Crippen LogP contribution in [-0.4, -0.2) is 40.5 Å². The van der Waals surface area contributed by atoms with E-state index in [1.54, 1.807) is 6.20 Å². The van der Waals surface area contributed by atoms with Gasteiger partial charge in [-0.3, -0.25) is 9.59 Å². The first-order chi connectivity index (χ1) is 10.5. The SMILES string of the molecule is CC(=O)NCC(=O)NC(Cc1c[nH]c2ccccc12)C(=O)O. The van der Waals surface area contributed by atoms with Crippen LogP contribution in [0, 0.1) is 0 Å². The van der Waals surface area contributed by atoms with Gasteiger partial charge in [-0.05, 0) is 11.6 Å². The monoisotopic (exact) mass is 303 g/mol. The van der Waals surface area contributed by atoms with E-state index in [0.29, 0.717) is 0 Å². The van der Waals surface area contributed by atoms with E-state index in [0.717, 1.165) is 16.5 Å². The van der Waals surface area contributed by atoms with Gasteiger partial charge < -0.3 is 20.7 Å². The average Bonchev–Trinajstić information content (AvgIpc) is 2.87. The van der Waals surface area contributed by atoms with Crippen molar-refractivity contribution in [2.75, 3.05) is 6.54 Å². The van der Waals surface area contributed by atoms with Gasteiger partial charge in [0.1, 0.15) is 6.04 Å². The van der Waals surface area contributed by atoms with Crippen molar-refractivity contribution in [1.29, 1.82) is 0 Å². The first-order valence-corrected chi connectivity index (χ1v) is 6.79. The maximum Gasteiger partial charge on any atom is 0.326 e. The van der Waals surface area contributed by atoms with Gasteiger partial charge in [0.2, 0.25) is 11.8 Å². The molecule has 2 amide bonds. The number of hydrogen-bond acceptors (Lipinski definition) is 3. The average molecular weight is 303 g/mol. The third kappa shape index (κ3) is 3.85. The second-order valence-corrected chi connectivity index (χ2v) is 4.93. The molecule has 4 N–H and O–H groups in total. The number of fused-ring (bicyclic) bond motifs is 1. The number of nitrogens with one attached hydrogen (secondary N) is 3. The maximum absolute atomic E-state index is 11.7. The smallest absolute Gasteiger partial charge is 0.326 e. The molecule has 1 aromatic heterocycles. The number of hydrogen-bond donors (Lipinski definition) is 4. The van der Waals surface area contributed by atoms with E-state index in [2.05, 4.69) is 15.6 Å². The van der Waals surface area contributed by atoms with E-state index in [1.165, 1.54) is 6.92 Å². The van der Waals surface area contributed by atoms with Crippen molar-refractivity contribution in [3.8, 4) is 0 Å². The Hall–Kier alpha value is -2.83. The van der Waals surface area contributed by atoms with Gasteiger partial charge in [-0.15, -0.1) is 0 Å². The molecule has 0 saturated heterocycles. The predicted octanol–water partition coefficient (Wildman–Crippen LogP) is 0.416. The van der Waals surface area contributed by atoms with Gasteiger partial charge >= 0.3 is 5.97 Å². The fraction of sp³-hybridized carbons (Fsp3) is 0.267. The first kappa shape index (κ1) is 15.6. The van der Waals surface area contributed by atoms with Gasteiger partial charge in [-0.2, -0.15) is 0 Å². The third-order valence-electron chi connectivity index (χ3n) is 3.23. The van der Waals surface area contributed by atoms with Crippen molar-refractivity contribution < 1.29 is 19.5 Å². The van der Waals surface area contributed by atoms with Crippen molar-refractivity contribution in [2.24, 2.45) is 0 Å². The van der Waals surface area contributed by atoms with E-state index in [9.17, 15) is 19.5 Å². The number of aromatic nitrogens is 1. The zero-order chi connectivity index (χ0) is 16.1. The highest BCUT2D eigenvalue weighted by molar-refractivity contribution is 5.88. The van der Waals surface area contributed by atoms with Crippen molar-refractivity contribution >= 4 is 28.7 Å². The van der Waals surface area contributed by atoms with Gasteiger partial charge in [0.25, 0.3) is 0 Å². The van der Waals surface area contributed by atoms with Gasteiger partial charge in [0.05, 0.1) is 6.54 Å². The Morgan fingerprint density at radius 2 is 2.00 bits per heavy atom. The van der Waals surface area contributed by atoms with E-state index in [1.807, 2.05) is 24.3 Å². The normalized spacial score (nSPS) is 11.9. The molecule has 7 heteroatoms. The molecular formula is C15H17N3O4. The largest absolute Gasteiger partial charge is 0.480 e. The molecule has 7 nitrogen and oxygen atoms in total. The number of rotatable bonds is 6. The van der Waals surface area contributed by atoms with Crippen LogP contribution >= 0.6 is 0 Å². The highest BCUT2D eigenvalue weighted by Crippen LogP contribution is 2.19. The fourth-order valence-corrected chi connectivity index (χ4v) is 2.17. The number of carbonyl (C=O) groups is 3. The Morgan fingerprint density at radius 1 is 1.27 bits per heavy atom. The highest BCUT2D eigenvalue weighted by Gasteiger charge is 2.21. The summed E-state index contributed by atoms with van der Waals surface area (Å²) in [7, 11) is 0. The quantitative estimate of drug-likeness (QED) is 0.619. The summed E-state index contributed by atoms with van der Waals surface area (Å²) in [4.78, 5) is 36.8. The third-order valence-corrected chi connectivity index (χ3v) is 3.23. The molecule has 0 aliphatic carbocycles. The summed E-state index contributed by atoms with van der Waals surface area (Å²) >= 11 is 0. The van der Waals surface area contributed by atoms with Crippen LogP contribution in [0.25, 0.3) is 10.9 Å². The summed E-state index contributed by atoms with van der Waals surface area (Å²) in [6, 6.07) is 6.47. The maximum atomic E-state index is 11.7. The standard InChI is InChI=1S/C15H17N3O4/c1-9(19)16-8-14(20)18-13(15(21)22)6-10-7-17-12-5-3-2-4-11(10)12/h2-5,7,13,17H,6,8H2,1H3,(H,16,19)(H,18,20)(H,21,22). The van der Waals surface area contributed by atoms with Crippen LogP contribution in [-0.2, 0) is 20.8 Å². The zero-order valence-corrected chi connectivity index (χ0v) is 12.1. The van der Waals surface area contributed by atoms with Crippen molar-refractivity contribution in [3.63, 3.8) is 0 Å². The van der Waals surface area contributed by atoms with E-state index >= 15 is 0 Å². The molecule has 0 aliphatic rings. The lowest BCUT2D eigenvalue weighted by molar-refractivity contribution is -0.141. The number of H-pyrrole nitrogens is 1. The summed E-state index contributed by atoms with van der Waals surface area (Å²) in [6.45, 7) is 1.04. The number of aliphatic carboxylic acids is 1. The lowest BCUT2D eigenvalue weighted by Crippen LogP contribution is -2.46. The van der Waals surface area contributed by atoms with Gasteiger partial charge in [0.15, 0.2) is 0 Å². The van der Waals surface area contributed by atoms with E-state index in [4.69, 9.17) is 0 Å². The Kier molecular flexibility index (Phi) is 4.77. The minimum absolute atomic E-state index is 0.158. The molecule has 0 bridgehead atoms. The molecule has 0 fully saturated rings. The number of carbonyl (C=O) groups excluding carboxylic acids is 2. The second-order valence-electron chi connectivity index (χ2n) is 4.93. The number of aromatic amines is 1. The summed E-state index contributed by atoms with van der Waals surface area (Å²) in [5, 5.41) is 14.9. The molecule has 2 aromatic rings. The Morgan fingerprint density at radius 3 is 2.68 bits per heavy atom. The van der Waals surface area contributed by atoms with Crippen LogP contribution in [0.2, 0.25) is 0 Å². The Bertz CT molecular complexity index is 708. The molecular weight excluding hydrogens is 286 g/mol. The van der Waals surface area contributed by atoms with E-state index in [-0.39, 0.29) is 18.9 Å². The Labute approximate surface area is 126 Å². The number of amides is 2. The Balaban J connectivity index is 2.07. The zero-order valence-electron chi connectivity index (χ0n) is 12.1. The molecule has 1 heterocycles. The number of benzene rings is 1. The van der Waals surface area contributed by atoms with E-state index < -0.39 is 17.9 Å². The summed E-state index contributed by atoms with van der Waals surface area (Å²) in [5.41, 5.74) is 1.72. The minimum atomic E-state index is -1.12. The molecule has 1 aromatic carbocycles. The molecule has 0 spiro atoms. The van der Waals surface area contributed by atoms with Crippen molar-refractivity contribution in [1.82, 2.24) is 15.6 Å². The van der Waals surface area contributed by atoms with Crippen LogP contribution in [0.1, 0.15) is 12.5 Å². The molecule has 0 radical (unpaired) electrons. The van der Waals surface area contributed by atoms with Crippen LogP contribution in [0.5, 0.6) is 0 Å². The van der Waals surface area contributed by atoms with Gasteiger partial charge in [-0.25, -0.2) is 4.79 Å². The van der Waals surface area contributed by atoms with Crippen molar-refractivity contribution in [3.05, 3.63) is 36.0 Å². The molecule has 0 saturated carbocycles. The van der Waals surface area contributed by atoms with Gasteiger partial charge in [-0.1, -0.05) is 18.2 Å². The molecule has 22 heavy (non-hydrogen) atoms. The highest BCUT2D eigenvalue weighted by atomic mass is 16.4. The predicted molar refractivity (Wildman–Crippen MR) is 80.3 cm³/mol. The topological polar surface area (TPSA) is 111 Å². The molecule has 1 unspecified atom stereocenters. The van der Waals surface area contributed by atoms with Crippen LogP contribution in [0.3, 0.4) is 0 Å². The second kappa shape index (κ2) is 6.75. The number of para-hydroxylation sites is 1. The fourth-order valence-electron chi connectivity index (χ4n) is 2.17. The summed E-state index contributed by atoms with van der Waals surface area (Å²) in [5.74, 6) is -2.01. The van der Waals surface area contributed by atoms with Gasteiger partial charge in [0, 0.05) is 30.4 Å². The molecule has 0 aliphatic heterocycles. The lowest BCUT2D eigenvalue weighted by Gasteiger charge is -2.14. The van der Waals surface area contributed by atoms with Crippen LogP contribution in [0.15, 0.2) is 30.5 Å². The lowest BCUT2D eigenvalue weighted by atomic mass is 10.1. The molecule has 116 valence electrons. The minimum Gasteiger partial charge on any atom is -0.480 e. The molecule has 2 rings (SSSR count). The first-order valence-electron chi connectivity index (χ1n) is 6.79.